The lowest BCUT2D eigenvalue weighted by molar-refractivity contribution is 0.210. The maximum atomic E-state index is 5.07. The first kappa shape index (κ1) is 85.0. The van der Waals surface area contributed by atoms with E-state index in [1.54, 1.807) is 0 Å². The van der Waals surface area contributed by atoms with E-state index in [0.717, 1.165) is 109 Å². The van der Waals surface area contributed by atoms with Crippen LogP contribution in [0.3, 0.4) is 0 Å². The molecule has 0 heterocycles. The van der Waals surface area contributed by atoms with E-state index in [9.17, 15) is 0 Å². The first-order chi connectivity index (χ1) is 46.3. The zero-order chi connectivity index (χ0) is 71.2. The number of hydrogen-bond donors (Lipinski definition) is 0. The molecular weight excluding hydrogens is 1170 g/mol. The predicted molar refractivity (Wildman–Crippen MR) is 438 cm³/mol. The highest BCUT2D eigenvalue weighted by molar-refractivity contribution is 5.32. The van der Waals surface area contributed by atoms with Crippen molar-refractivity contribution in [2.75, 3.05) is 0 Å². The molecule has 0 spiro atoms. The van der Waals surface area contributed by atoms with Crippen LogP contribution in [-0.2, 0) is 12.8 Å². The molecule has 0 aromatic heterocycles. The van der Waals surface area contributed by atoms with Gasteiger partial charge in [0.1, 0.15) is 0 Å². The summed E-state index contributed by atoms with van der Waals surface area (Å²) in [5.41, 5.74) is 21.2. The van der Waals surface area contributed by atoms with Crippen molar-refractivity contribution in [3.63, 3.8) is 0 Å². The Bertz CT molecular complexity index is 2720. The molecule has 0 radical (unpaired) electrons. The average Bonchev–Trinajstić information content (AvgIpc) is 1.66. The molecule has 2 fully saturated rings. The molecule has 2 aromatic carbocycles. The predicted octanol–water partition coefficient (Wildman–Crippen LogP) is 31.0. The molecule has 2 aliphatic rings. The average molecular weight is 1320 g/mol. The van der Waals surface area contributed by atoms with E-state index < -0.39 is 0 Å². The van der Waals surface area contributed by atoms with Crippen LogP contribution < -0.4 is 0 Å². The summed E-state index contributed by atoms with van der Waals surface area (Å²) < 4.78 is 0. The van der Waals surface area contributed by atoms with Gasteiger partial charge in [0.15, 0.2) is 0 Å². The molecule has 0 heteroatoms. The molecule has 10 unspecified atom stereocenters. The third-order valence-corrected chi connectivity index (χ3v) is 23.7. The second-order valence-corrected chi connectivity index (χ2v) is 34.1. The van der Waals surface area contributed by atoms with Crippen molar-refractivity contribution >= 4 is 0 Å². The van der Waals surface area contributed by atoms with Gasteiger partial charge in [0, 0.05) is 0 Å². The van der Waals surface area contributed by atoms with Gasteiger partial charge in [0.25, 0.3) is 0 Å². The van der Waals surface area contributed by atoms with Gasteiger partial charge >= 0.3 is 0 Å². The van der Waals surface area contributed by atoms with Crippen LogP contribution in [0.4, 0.5) is 0 Å². The molecule has 0 aliphatic heterocycles. The number of unbranched alkanes of at least 4 members (excludes halogenated alkanes) is 7. The van der Waals surface area contributed by atoms with Crippen LogP contribution in [-0.4, -0.2) is 0 Å². The highest BCUT2D eigenvalue weighted by atomic mass is 14.4. The number of benzene rings is 2. The second-order valence-electron chi connectivity index (χ2n) is 34.1. The van der Waals surface area contributed by atoms with E-state index in [1.807, 2.05) is 0 Å². The maximum Gasteiger partial charge on any atom is -0.0128 e. The van der Waals surface area contributed by atoms with E-state index in [0.29, 0.717) is 65.1 Å². The lowest BCUT2D eigenvalue weighted by atomic mass is 9.70. The van der Waals surface area contributed by atoms with Gasteiger partial charge in [-0.1, -0.05) is 288 Å². The van der Waals surface area contributed by atoms with Crippen LogP contribution in [0.25, 0.3) is 0 Å². The van der Waals surface area contributed by atoms with Gasteiger partial charge in [-0.25, -0.2) is 0 Å². The molecule has 0 N–H and O–H groups in total. The molecule has 2 aliphatic carbocycles. The summed E-state index contributed by atoms with van der Waals surface area (Å²) >= 11 is 0. The van der Waals surface area contributed by atoms with Gasteiger partial charge in [-0.3, -0.25) is 0 Å². The minimum absolute atomic E-state index is 0.355. The molecule has 2 saturated carbocycles. The standard InChI is InChI=1S/C97H154/c1-22-23-42-75(10)62-95(63-76(11)43-27-24-31-51-91-58-57-89(69-88-47-29-26-30-48-88)66-83(18)92(59-73(6)7)53-37-35-46-80(15)97(86(91)21)54-38-34-41-72(4)5)79(14)45-28-25-32-52-93-67-84(19)96(70-90-56-55-78(13)81(16)64-90)68-85(20)94(60-74(8)9)61-77(12)44-39-50-87(65-82(93)17)49-36-33-40-71(2)3/h26,29-30,47-48,55-56,64,71,74,86-87,89,91-97H,4,6,10-12,14-15,17-20,22-25,27-28,31-46,49-54,57-63,65-70H2,1-3,5,7-9,13,16,21H3. The monoisotopic (exact) mass is 1320 g/mol. The van der Waals surface area contributed by atoms with Crippen molar-refractivity contribution in [2.45, 2.75) is 332 Å². The van der Waals surface area contributed by atoms with Gasteiger partial charge < -0.3 is 0 Å². The van der Waals surface area contributed by atoms with Crippen molar-refractivity contribution < 1.29 is 0 Å². The van der Waals surface area contributed by atoms with Crippen LogP contribution in [0, 0.1) is 84.9 Å². The summed E-state index contributed by atoms with van der Waals surface area (Å²) in [4.78, 5) is 0. The summed E-state index contributed by atoms with van der Waals surface area (Å²) in [6, 6.07) is 18.5. The SMILES string of the molecule is C=C(C)CCCCC1C(=C)CCCCC(CC(=C)C)C(=C)CC(Cc2ccccc2)CCC(CCCCCC(=C)CC(CC(=C)CCCC)C(=C)CCCCCC2CC(=C)C(Cc3ccc(C)c(C)c3)CC(=C)C(CC(C)C)CC(=C)CCCC(CCCCC(C)C)CC2=C)C1C. The number of rotatable bonds is 38. The van der Waals surface area contributed by atoms with E-state index >= 15 is 0 Å². The molecule has 0 bridgehead atoms. The van der Waals surface area contributed by atoms with Crippen LogP contribution in [0.5, 0.6) is 0 Å². The third kappa shape index (κ3) is 35.2. The van der Waals surface area contributed by atoms with Crippen molar-refractivity contribution in [1.29, 1.82) is 0 Å². The van der Waals surface area contributed by atoms with Crippen molar-refractivity contribution in [1.82, 2.24) is 0 Å². The van der Waals surface area contributed by atoms with Gasteiger partial charge in [-0.05, 0) is 307 Å². The van der Waals surface area contributed by atoms with E-state index in [-0.39, 0.29) is 0 Å². The van der Waals surface area contributed by atoms with Gasteiger partial charge in [-0.15, -0.1) is 13.2 Å². The Morgan fingerprint density at radius 3 is 1.76 bits per heavy atom. The Morgan fingerprint density at radius 2 is 1.09 bits per heavy atom. The summed E-state index contributed by atoms with van der Waals surface area (Å²) in [6.45, 7) is 76.2. The van der Waals surface area contributed by atoms with Crippen LogP contribution in [0.2, 0.25) is 0 Å². The molecular formula is C97H154. The van der Waals surface area contributed by atoms with Gasteiger partial charge in [0.2, 0.25) is 0 Å². The van der Waals surface area contributed by atoms with E-state index in [1.165, 1.54) is 244 Å². The molecule has 0 saturated heterocycles. The number of hydrogen-bond acceptors (Lipinski definition) is 0. The Labute approximate surface area is 604 Å². The molecule has 4 rings (SSSR count). The minimum Gasteiger partial charge on any atom is -0.100 e. The Balaban J connectivity index is 1.48. The summed E-state index contributed by atoms with van der Waals surface area (Å²) in [5.74, 6) is 6.79. The topological polar surface area (TPSA) is 0 Å². The normalized spacial score (nSPS) is 23.0. The van der Waals surface area contributed by atoms with Crippen LogP contribution in [0.1, 0.15) is 328 Å². The van der Waals surface area contributed by atoms with Crippen LogP contribution in [0.15, 0.2) is 182 Å². The molecule has 97 heavy (non-hydrogen) atoms. The lowest BCUT2D eigenvalue weighted by Gasteiger charge is -2.35. The van der Waals surface area contributed by atoms with Crippen molar-refractivity contribution in [2.24, 2.45) is 71.0 Å². The fraction of sp³-hybridized carbons (Fsp3) is 0.649. The molecule has 10 atom stereocenters. The third-order valence-electron chi connectivity index (χ3n) is 23.7. The summed E-state index contributed by atoms with van der Waals surface area (Å²) in [6.07, 6.45) is 48.8. The molecule has 2 aromatic rings. The lowest BCUT2D eigenvalue weighted by Crippen LogP contribution is -2.24. The fourth-order valence-electron chi connectivity index (χ4n) is 17.3. The Kier molecular flexibility index (Phi) is 41.7. The van der Waals surface area contributed by atoms with Gasteiger partial charge in [-0.2, -0.15) is 0 Å². The molecule has 0 nitrogen and oxygen atoms in total. The molecule has 0 amide bonds. The van der Waals surface area contributed by atoms with E-state index in [2.05, 4.69) is 138 Å². The number of aryl methyl sites for hydroxylation is 2. The van der Waals surface area contributed by atoms with Crippen LogP contribution >= 0.6 is 0 Å². The first-order valence-electron chi connectivity index (χ1n) is 40.8. The maximum absolute atomic E-state index is 5.07. The largest absolute Gasteiger partial charge is 0.100 e. The van der Waals surface area contributed by atoms with Crippen molar-refractivity contribution in [3.05, 3.63) is 204 Å². The zero-order valence-electron chi connectivity index (χ0n) is 65.8. The number of allylic oxidation sites excluding steroid dienone is 11. The first-order valence-corrected chi connectivity index (χ1v) is 40.8. The highest BCUT2D eigenvalue weighted by Gasteiger charge is 2.31. The fourth-order valence-corrected chi connectivity index (χ4v) is 17.3. The summed E-state index contributed by atoms with van der Waals surface area (Å²) in [5, 5.41) is 0. The molecule has 542 valence electrons. The Morgan fingerprint density at radius 1 is 0.474 bits per heavy atom. The highest BCUT2D eigenvalue weighted by Crippen LogP contribution is 2.44. The zero-order valence-corrected chi connectivity index (χ0v) is 65.8. The smallest absolute Gasteiger partial charge is 0.0128 e. The summed E-state index contributed by atoms with van der Waals surface area (Å²) in [7, 11) is 0. The Hall–Kier alpha value is -4.42. The minimum atomic E-state index is 0.355. The van der Waals surface area contributed by atoms with E-state index in [4.69, 9.17) is 52.6 Å². The van der Waals surface area contributed by atoms with Gasteiger partial charge in [0.05, 0.1) is 0 Å². The second kappa shape index (κ2) is 47.6. The van der Waals surface area contributed by atoms with Crippen molar-refractivity contribution in [3.8, 4) is 0 Å². The quantitative estimate of drug-likeness (QED) is 0.0464.